The molecule has 0 aliphatic carbocycles. The molecule has 2 aromatic heterocycles. The fourth-order valence-electron chi connectivity index (χ4n) is 2.96. The number of nitrogens with zero attached hydrogens (tertiary/aromatic N) is 3. The third-order valence-electron chi connectivity index (χ3n) is 4.37. The second-order valence-electron chi connectivity index (χ2n) is 6.56. The monoisotopic (exact) mass is 444 g/mol. The van der Waals surface area contributed by atoms with Crippen LogP contribution in [0.5, 0.6) is 0 Å². The van der Waals surface area contributed by atoms with Crippen LogP contribution in [0.25, 0.3) is 10.6 Å². The molecule has 7 nitrogen and oxygen atoms in total. The molecule has 3 rings (SSSR count). The molecule has 0 unspecified atom stereocenters. The van der Waals surface area contributed by atoms with E-state index in [1.807, 2.05) is 22.4 Å². The topological polar surface area (TPSA) is 95.4 Å². The third kappa shape index (κ3) is 6.77. The zero-order valence-electron chi connectivity index (χ0n) is 16.4. The number of carboxylic acid groups (broad SMARTS) is 1. The predicted octanol–water partition coefficient (Wildman–Crippen LogP) is 3.44. The Bertz CT molecular complexity index is 824. The van der Waals surface area contributed by atoms with Crippen LogP contribution in [0.15, 0.2) is 29.9 Å². The van der Waals surface area contributed by atoms with Gasteiger partial charge in [-0.3, -0.25) is 9.78 Å². The number of carbonyl (C=O) groups excluding carboxylic acids is 1. The van der Waals surface area contributed by atoms with Crippen LogP contribution in [0.4, 0.5) is 13.2 Å². The van der Waals surface area contributed by atoms with Crippen molar-refractivity contribution in [3.05, 3.63) is 35.6 Å². The highest BCUT2D eigenvalue weighted by molar-refractivity contribution is 7.13. The van der Waals surface area contributed by atoms with Gasteiger partial charge in [0.25, 0.3) is 5.91 Å². The van der Waals surface area contributed by atoms with Crippen molar-refractivity contribution in [3.63, 3.8) is 0 Å². The number of hydrogen-bond acceptors (Lipinski definition) is 6. The van der Waals surface area contributed by atoms with Gasteiger partial charge in [-0.2, -0.15) is 13.2 Å². The average Bonchev–Trinajstić information content (AvgIpc) is 3.23. The van der Waals surface area contributed by atoms with Gasteiger partial charge in [-0.15, -0.1) is 11.3 Å². The molecule has 164 valence electrons. The van der Waals surface area contributed by atoms with Crippen molar-refractivity contribution in [2.75, 3.05) is 19.6 Å². The maximum absolute atomic E-state index is 12.9. The van der Waals surface area contributed by atoms with Gasteiger partial charge in [-0.05, 0) is 44.5 Å². The molecule has 11 heteroatoms. The fourth-order valence-corrected chi connectivity index (χ4v) is 3.76. The predicted molar refractivity (Wildman–Crippen MR) is 106 cm³/mol. The quantitative estimate of drug-likeness (QED) is 0.734. The molecular weight excluding hydrogens is 421 g/mol. The third-order valence-corrected chi connectivity index (χ3v) is 5.26. The molecule has 0 aromatic carbocycles. The number of amides is 1. The fraction of sp³-hybridized carbons (Fsp3) is 0.474. The largest absolute Gasteiger partial charge is 0.490 e. The molecular formula is C19H23F3N4O3S. The van der Waals surface area contributed by atoms with Gasteiger partial charge in [0.05, 0.1) is 0 Å². The highest BCUT2D eigenvalue weighted by atomic mass is 32.1. The summed E-state index contributed by atoms with van der Waals surface area (Å²) in [6.07, 6.45) is 1.42. The Balaban J connectivity index is 0.000000396. The summed E-state index contributed by atoms with van der Waals surface area (Å²) in [7, 11) is 0. The molecule has 0 atom stereocenters. The number of aromatic nitrogens is 2. The van der Waals surface area contributed by atoms with Crippen LogP contribution in [0.3, 0.4) is 0 Å². The molecule has 1 aliphatic rings. The van der Waals surface area contributed by atoms with E-state index in [2.05, 4.69) is 22.2 Å². The SMILES string of the molecule is CCCN(C(=O)c1csc(-c2ccncc2)n1)C1CCNCC1.O=C(O)C(F)(F)F. The number of nitrogens with one attached hydrogen (secondary N) is 1. The summed E-state index contributed by atoms with van der Waals surface area (Å²) in [5.41, 5.74) is 1.57. The first-order valence-corrected chi connectivity index (χ1v) is 10.3. The molecule has 2 N–H and O–H groups in total. The zero-order valence-corrected chi connectivity index (χ0v) is 17.2. The molecule has 1 saturated heterocycles. The number of piperidine rings is 1. The first kappa shape index (κ1) is 23.7. The van der Waals surface area contributed by atoms with Crippen molar-refractivity contribution in [3.8, 4) is 10.6 Å². The second-order valence-corrected chi connectivity index (χ2v) is 7.41. The Morgan fingerprint density at radius 1 is 1.27 bits per heavy atom. The van der Waals surface area contributed by atoms with Crippen LogP contribution < -0.4 is 5.32 Å². The molecule has 0 spiro atoms. The van der Waals surface area contributed by atoms with Crippen LogP contribution in [-0.2, 0) is 4.79 Å². The molecule has 2 aromatic rings. The number of aliphatic carboxylic acids is 1. The molecule has 1 aliphatic heterocycles. The summed E-state index contributed by atoms with van der Waals surface area (Å²) in [6, 6.07) is 4.17. The van der Waals surface area contributed by atoms with Gasteiger partial charge in [0.1, 0.15) is 10.7 Å². The number of pyridine rings is 1. The van der Waals surface area contributed by atoms with Crippen LogP contribution in [0.2, 0.25) is 0 Å². The summed E-state index contributed by atoms with van der Waals surface area (Å²) in [5, 5.41) is 13.2. The smallest absolute Gasteiger partial charge is 0.475 e. The van der Waals surface area contributed by atoms with E-state index in [1.165, 1.54) is 11.3 Å². The summed E-state index contributed by atoms with van der Waals surface area (Å²) < 4.78 is 31.7. The van der Waals surface area contributed by atoms with Crippen LogP contribution in [0, 0.1) is 0 Å². The molecule has 3 heterocycles. The maximum atomic E-state index is 12.9. The Labute approximate surface area is 176 Å². The van der Waals surface area contributed by atoms with Crippen molar-refractivity contribution in [1.82, 2.24) is 20.2 Å². The van der Waals surface area contributed by atoms with E-state index in [0.29, 0.717) is 11.7 Å². The van der Waals surface area contributed by atoms with E-state index in [1.54, 1.807) is 12.4 Å². The number of alkyl halides is 3. The van der Waals surface area contributed by atoms with Gasteiger partial charge in [0.15, 0.2) is 0 Å². The minimum atomic E-state index is -5.08. The first-order chi connectivity index (χ1) is 14.2. The van der Waals surface area contributed by atoms with Crippen LogP contribution in [-0.4, -0.2) is 63.7 Å². The standard InChI is InChI=1S/C17H22N4OS.C2HF3O2/c1-2-11-21(14-5-9-19-10-6-14)17(22)15-12-23-16(20-15)13-3-7-18-8-4-13;3-2(4,5)1(6)7/h3-4,7-8,12,14,19H,2,5-6,9-11H2,1H3;(H,6,7). The summed E-state index contributed by atoms with van der Waals surface area (Å²) in [5.74, 6) is -2.69. The van der Waals surface area contributed by atoms with Crippen LogP contribution >= 0.6 is 11.3 Å². The van der Waals surface area contributed by atoms with Gasteiger partial charge in [0.2, 0.25) is 0 Å². The van der Waals surface area contributed by atoms with Crippen molar-refractivity contribution in [2.45, 2.75) is 38.4 Å². The Hall–Kier alpha value is -2.53. The van der Waals surface area contributed by atoms with Gasteiger partial charge in [-0.25, -0.2) is 9.78 Å². The van der Waals surface area contributed by atoms with Gasteiger partial charge in [0, 0.05) is 35.9 Å². The number of hydrogen-bond donors (Lipinski definition) is 2. The number of halogens is 3. The summed E-state index contributed by atoms with van der Waals surface area (Å²) in [4.78, 5) is 32.4. The Morgan fingerprint density at radius 3 is 2.40 bits per heavy atom. The van der Waals surface area contributed by atoms with E-state index < -0.39 is 12.1 Å². The van der Waals surface area contributed by atoms with E-state index >= 15 is 0 Å². The number of carboxylic acids is 1. The lowest BCUT2D eigenvalue weighted by Gasteiger charge is -2.34. The lowest BCUT2D eigenvalue weighted by atomic mass is 10.0. The minimum absolute atomic E-state index is 0.0651. The van der Waals surface area contributed by atoms with E-state index in [0.717, 1.165) is 49.5 Å². The highest BCUT2D eigenvalue weighted by Crippen LogP contribution is 2.24. The molecule has 1 amide bonds. The lowest BCUT2D eigenvalue weighted by Crippen LogP contribution is -2.46. The molecule has 0 saturated carbocycles. The minimum Gasteiger partial charge on any atom is -0.475 e. The molecule has 0 bridgehead atoms. The van der Waals surface area contributed by atoms with E-state index in [4.69, 9.17) is 9.90 Å². The molecule has 1 fully saturated rings. The number of thiazole rings is 1. The molecule has 0 radical (unpaired) electrons. The maximum Gasteiger partial charge on any atom is 0.490 e. The normalized spacial score (nSPS) is 14.5. The van der Waals surface area contributed by atoms with Crippen molar-refractivity contribution < 1.29 is 27.9 Å². The van der Waals surface area contributed by atoms with Gasteiger partial charge < -0.3 is 15.3 Å². The summed E-state index contributed by atoms with van der Waals surface area (Å²) >= 11 is 1.51. The van der Waals surface area contributed by atoms with Gasteiger partial charge >= 0.3 is 12.1 Å². The second kappa shape index (κ2) is 11.0. The highest BCUT2D eigenvalue weighted by Gasteiger charge is 2.38. The lowest BCUT2D eigenvalue weighted by molar-refractivity contribution is -0.192. The van der Waals surface area contributed by atoms with E-state index in [-0.39, 0.29) is 5.91 Å². The Morgan fingerprint density at radius 2 is 1.87 bits per heavy atom. The number of rotatable bonds is 5. The first-order valence-electron chi connectivity index (χ1n) is 9.41. The number of carbonyl (C=O) groups is 2. The van der Waals surface area contributed by atoms with E-state index in [9.17, 15) is 18.0 Å². The molecule has 30 heavy (non-hydrogen) atoms. The van der Waals surface area contributed by atoms with Crippen molar-refractivity contribution in [1.29, 1.82) is 0 Å². The summed E-state index contributed by atoms with van der Waals surface area (Å²) in [6.45, 7) is 4.88. The van der Waals surface area contributed by atoms with Gasteiger partial charge in [-0.1, -0.05) is 6.92 Å². The average molecular weight is 444 g/mol. The van der Waals surface area contributed by atoms with Crippen molar-refractivity contribution in [2.24, 2.45) is 0 Å². The zero-order chi connectivity index (χ0) is 22.1. The van der Waals surface area contributed by atoms with Crippen LogP contribution in [0.1, 0.15) is 36.7 Å². The van der Waals surface area contributed by atoms with Crippen molar-refractivity contribution >= 4 is 23.2 Å². The Kier molecular flexibility index (Phi) is 8.72.